The van der Waals surface area contributed by atoms with Gasteiger partial charge in [-0.3, -0.25) is 4.90 Å². The van der Waals surface area contributed by atoms with E-state index >= 15 is 0 Å². The van der Waals surface area contributed by atoms with E-state index < -0.39 is 0 Å². The molecule has 0 aliphatic rings. The van der Waals surface area contributed by atoms with Gasteiger partial charge in [-0.2, -0.15) is 0 Å². The number of aliphatic hydroxyl groups is 1. The van der Waals surface area contributed by atoms with Crippen molar-refractivity contribution in [2.75, 3.05) is 33.9 Å². The van der Waals surface area contributed by atoms with Crippen LogP contribution in [0.25, 0.3) is 0 Å². The summed E-state index contributed by atoms with van der Waals surface area (Å²) in [5.41, 5.74) is 1.15. The summed E-state index contributed by atoms with van der Waals surface area (Å²) in [6, 6.07) is 5.96. The number of hydrogen-bond acceptors (Lipinski definition) is 4. The molecule has 0 saturated carbocycles. The molecule has 18 heavy (non-hydrogen) atoms. The minimum absolute atomic E-state index is 0.172. The normalized spacial score (nSPS) is 10.7. The van der Waals surface area contributed by atoms with Gasteiger partial charge in [-0.25, -0.2) is 0 Å². The Morgan fingerprint density at radius 2 is 2.06 bits per heavy atom. The highest BCUT2D eigenvalue weighted by Crippen LogP contribution is 2.28. The highest BCUT2D eigenvalue weighted by atomic mass is 16.5. The molecule has 0 unspecified atom stereocenters. The van der Waals surface area contributed by atoms with Crippen molar-refractivity contribution in [3.05, 3.63) is 23.8 Å². The van der Waals surface area contributed by atoms with Crippen molar-refractivity contribution in [3.63, 3.8) is 0 Å². The number of benzene rings is 1. The molecule has 4 heteroatoms. The summed E-state index contributed by atoms with van der Waals surface area (Å²) in [5.74, 6) is 1.55. The van der Waals surface area contributed by atoms with E-state index in [0.29, 0.717) is 13.2 Å². The van der Waals surface area contributed by atoms with Crippen molar-refractivity contribution < 1.29 is 14.6 Å². The maximum atomic E-state index is 8.87. The highest BCUT2D eigenvalue weighted by Gasteiger charge is 2.07. The Bertz CT molecular complexity index is 355. The van der Waals surface area contributed by atoms with Gasteiger partial charge in [0.25, 0.3) is 0 Å². The van der Waals surface area contributed by atoms with E-state index in [2.05, 4.69) is 11.8 Å². The summed E-state index contributed by atoms with van der Waals surface area (Å²) in [6.45, 7) is 4.39. The van der Waals surface area contributed by atoms with Crippen molar-refractivity contribution in [1.82, 2.24) is 4.90 Å². The molecule has 4 nitrogen and oxygen atoms in total. The first-order valence-electron chi connectivity index (χ1n) is 6.30. The minimum atomic E-state index is 0.172. The highest BCUT2D eigenvalue weighted by molar-refractivity contribution is 5.42. The molecule has 102 valence electrons. The predicted octanol–water partition coefficient (Wildman–Crippen LogP) is 1.91. The van der Waals surface area contributed by atoms with Crippen LogP contribution >= 0.6 is 0 Å². The van der Waals surface area contributed by atoms with Gasteiger partial charge < -0.3 is 14.6 Å². The van der Waals surface area contributed by atoms with Crippen molar-refractivity contribution in [2.45, 2.75) is 19.9 Å². The molecule has 1 aromatic rings. The molecule has 0 atom stereocenters. The number of ether oxygens (including phenoxy) is 2. The van der Waals surface area contributed by atoms with Gasteiger partial charge in [0.1, 0.15) is 0 Å². The Balaban J connectivity index is 2.71. The molecule has 0 radical (unpaired) electrons. The van der Waals surface area contributed by atoms with Gasteiger partial charge in [0, 0.05) is 13.1 Å². The van der Waals surface area contributed by atoms with Crippen LogP contribution in [0.3, 0.4) is 0 Å². The average molecular weight is 253 g/mol. The zero-order chi connectivity index (χ0) is 13.4. The summed E-state index contributed by atoms with van der Waals surface area (Å²) in [7, 11) is 3.62. The third kappa shape index (κ3) is 4.55. The van der Waals surface area contributed by atoms with Gasteiger partial charge in [-0.15, -0.1) is 0 Å². The molecule has 0 fully saturated rings. The third-order valence-corrected chi connectivity index (χ3v) is 2.62. The second kappa shape index (κ2) is 7.95. The molecular formula is C14H23NO3. The molecule has 1 aromatic carbocycles. The smallest absolute Gasteiger partial charge is 0.161 e. The molecule has 0 amide bonds. The third-order valence-electron chi connectivity index (χ3n) is 2.62. The molecule has 1 rings (SSSR count). The first-order valence-corrected chi connectivity index (χ1v) is 6.30. The molecule has 1 N–H and O–H groups in total. The number of hydrogen-bond donors (Lipinski definition) is 1. The summed E-state index contributed by atoms with van der Waals surface area (Å²) in [4.78, 5) is 2.06. The maximum Gasteiger partial charge on any atom is 0.161 e. The van der Waals surface area contributed by atoms with Crippen LogP contribution in [-0.2, 0) is 6.54 Å². The number of methoxy groups -OCH3 is 1. The van der Waals surface area contributed by atoms with Gasteiger partial charge in [-0.05, 0) is 31.2 Å². The molecular weight excluding hydrogens is 230 g/mol. The second-order valence-electron chi connectivity index (χ2n) is 4.30. The van der Waals surface area contributed by atoms with Crippen LogP contribution in [0, 0.1) is 0 Å². The average Bonchev–Trinajstić information content (AvgIpc) is 2.37. The molecule has 0 heterocycles. The van der Waals surface area contributed by atoms with Crippen LogP contribution in [0.1, 0.15) is 18.9 Å². The molecule has 0 aliphatic heterocycles. The number of nitrogens with zero attached hydrogens (tertiary/aromatic N) is 1. The monoisotopic (exact) mass is 253 g/mol. The Hall–Kier alpha value is -1.26. The van der Waals surface area contributed by atoms with Gasteiger partial charge in [0.15, 0.2) is 11.5 Å². The van der Waals surface area contributed by atoms with E-state index in [0.717, 1.165) is 30.0 Å². The summed E-state index contributed by atoms with van der Waals surface area (Å²) in [6.07, 6.45) is 0.976. The van der Waals surface area contributed by atoms with Crippen LogP contribution in [0.15, 0.2) is 18.2 Å². The summed E-state index contributed by atoms with van der Waals surface area (Å²) < 4.78 is 10.9. The Morgan fingerprint density at radius 3 is 2.67 bits per heavy atom. The van der Waals surface area contributed by atoms with Gasteiger partial charge in [-0.1, -0.05) is 13.0 Å². The van der Waals surface area contributed by atoms with Gasteiger partial charge in [0.05, 0.1) is 20.3 Å². The fraction of sp³-hybridized carbons (Fsp3) is 0.571. The topological polar surface area (TPSA) is 41.9 Å². The minimum Gasteiger partial charge on any atom is -0.493 e. The van der Waals surface area contributed by atoms with Crippen LogP contribution in [0.2, 0.25) is 0 Å². The Morgan fingerprint density at radius 1 is 1.28 bits per heavy atom. The van der Waals surface area contributed by atoms with Crippen LogP contribution in [0.4, 0.5) is 0 Å². The maximum absolute atomic E-state index is 8.87. The Labute approximate surface area is 109 Å². The van der Waals surface area contributed by atoms with E-state index in [9.17, 15) is 0 Å². The second-order valence-corrected chi connectivity index (χ2v) is 4.30. The Kier molecular flexibility index (Phi) is 6.54. The van der Waals surface area contributed by atoms with Crippen molar-refractivity contribution in [2.24, 2.45) is 0 Å². The lowest BCUT2D eigenvalue weighted by atomic mass is 10.2. The zero-order valence-corrected chi connectivity index (χ0v) is 11.5. The number of likely N-dealkylation sites (N-methyl/N-ethyl adjacent to an activating group) is 1. The van der Waals surface area contributed by atoms with Crippen molar-refractivity contribution in [3.8, 4) is 11.5 Å². The first kappa shape index (κ1) is 14.8. The van der Waals surface area contributed by atoms with Gasteiger partial charge in [0.2, 0.25) is 0 Å². The lowest BCUT2D eigenvalue weighted by Gasteiger charge is -2.17. The van der Waals surface area contributed by atoms with Crippen molar-refractivity contribution in [1.29, 1.82) is 0 Å². The summed E-state index contributed by atoms with van der Waals surface area (Å²) in [5, 5.41) is 8.87. The lowest BCUT2D eigenvalue weighted by Crippen LogP contribution is -2.21. The molecule has 0 aromatic heterocycles. The van der Waals surface area contributed by atoms with Crippen molar-refractivity contribution >= 4 is 0 Å². The van der Waals surface area contributed by atoms with Gasteiger partial charge >= 0.3 is 0 Å². The number of aliphatic hydroxyl groups excluding tert-OH is 1. The van der Waals surface area contributed by atoms with E-state index in [1.807, 2.05) is 25.2 Å². The first-order chi connectivity index (χ1) is 8.71. The molecule has 0 saturated heterocycles. The molecule has 0 spiro atoms. The fourth-order valence-electron chi connectivity index (χ4n) is 1.70. The van der Waals surface area contributed by atoms with Crippen LogP contribution < -0.4 is 9.47 Å². The van der Waals surface area contributed by atoms with Crippen LogP contribution in [-0.4, -0.2) is 43.9 Å². The molecule has 0 bridgehead atoms. The fourth-order valence-corrected chi connectivity index (χ4v) is 1.70. The zero-order valence-electron chi connectivity index (χ0n) is 11.5. The van der Waals surface area contributed by atoms with E-state index in [1.165, 1.54) is 0 Å². The predicted molar refractivity (Wildman–Crippen MR) is 72.2 cm³/mol. The van der Waals surface area contributed by atoms with E-state index in [1.54, 1.807) is 7.11 Å². The quantitative estimate of drug-likeness (QED) is 0.768. The standard InChI is InChI=1S/C14H23NO3/c1-4-9-18-13-6-5-12(10-14(13)17-3)11-15(2)7-8-16/h5-6,10,16H,4,7-9,11H2,1-3H3. The lowest BCUT2D eigenvalue weighted by molar-refractivity contribution is 0.217. The summed E-state index contributed by atoms with van der Waals surface area (Å²) >= 11 is 0. The van der Waals surface area contributed by atoms with E-state index in [-0.39, 0.29) is 6.61 Å². The number of rotatable bonds is 8. The largest absolute Gasteiger partial charge is 0.493 e. The van der Waals surface area contributed by atoms with Crippen LogP contribution in [0.5, 0.6) is 11.5 Å². The van der Waals surface area contributed by atoms with E-state index in [4.69, 9.17) is 14.6 Å². The SMILES string of the molecule is CCCOc1ccc(CN(C)CCO)cc1OC. The molecule has 0 aliphatic carbocycles.